The van der Waals surface area contributed by atoms with E-state index < -0.39 is 24.6 Å². The van der Waals surface area contributed by atoms with Crippen LogP contribution in [0.2, 0.25) is 0 Å². The van der Waals surface area contributed by atoms with Gasteiger partial charge in [0.2, 0.25) is 0 Å². The third-order valence-corrected chi connectivity index (χ3v) is 2.35. The SMILES string of the molecule is C=C(C(=O)OC(C)N(C)C)C(O)C(OC)OC. The highest BCUT2D eigenvalue weighted by Crippen LogP contribution is 2.11. The van der Waals surface area contributed by atoms with Crippen molar-refractivity contribution in [3.8, 4) is 0 Å². The molecule has 0 saturated heterocycles. The van der Waals surface area contributed by atoms with Gasteiger partial charge in [-0.15, -0.1) is 0 Å². The van der Waals surface area contributed by atoms with E-state index >= 15 is 0 Å². The minimum absolute atomic E-state index is 0.104. The van der Waals surface area contributed by atoms with Crippen molar-refractivity contribution in [2.45, 2.75) is 25.5 Å². The van der Waals surface area contributed by atoms with Gasteiger partial charge in [-0.3, -0.25) is 4.90 Å². The van der Waals surface area contributed by atoms with E-state index in [2.05, 4.69) is 6.58 Å². The van der Waals surface area contributed by atoms with Gasteiger partial charge in [0.1, 0.15) is 6.10 Å². The molecule has 6 heteroatoms. The Labute approximate surface area is 102 Å². The van der Waals surface area contributed by atoms with Crippen molar-refractivity contribution in [1.29, 1.82) is 0 Å². The third kappa shape index (κ3) is 4.82. The summed E-state index contributed by atoms with van der Waals surface area (Å²) in [6, 6.07) is 0. The van der Waals surface area contributed by atoms with Gasteiger partial charge in [-0.1, -0.05) is 6.58 Å². The first kappa shape index (κ1) is 16.1. The zero-order chi connectivity index (χ0) is 13.6. The molecule has 0 aliphatic heterocycles. The second-order valence-electron chi connectivity index (χ2n) is 3.78. The van der Waals surface area contributed by atoms with Gasteiger partial charge >= 0.3 is 5.97 Å². The number of esters is 1. The number of ether oxygens (including phenoxy) is 3. The summed E-state index contributed by atoms with van der Waals surface area (Å²) in [6.07, 6.45) is -2.61. The molecule has 0 aromatic rings. The number of hydrogen-bond acceptors (Lipinski definition) is 6. The standard InChI is InChI=1S/C11H21NO5/c1-7(9(13)11(15-5)16-6)10(14)17-8(2)12(3)4/h8-9,11,13H,1H2,2-6H3. The summed E-state index contributed by atoms with van der Waals surface area (Å²) in [4.78, 5) is 13.3. The molecule has 0 saturated carbocycles. The van der Waals surface area contributed by atoms with Crippen LogP contribution >= 0.6 is 0 Å². The molecule has 0 heterocycles. The molecule has 2 atom stereocenters. The Balaban J connectivity index is 4.44. The first-order valence-corrected chi connectivity index (χ1v) is 5.15. The number of aliphatic hydroxyl groups is 1. The maximum atomic E-state index is 11.6. The van der Waals surface area contributed by atoms with Crippen LogP contribution in [-0.2, 0) is 19.0 Å². The van der Waals surface area contributed by atoms with Crippen molar-refractivity contribution in [2.75, 3.05) is 28.3 Å². The predicted octanol–water partition coefficient (Wildman–Crippen LogP) is -0.0268. The van der Waals surface area contributed by atoms with E-state index in [-0.39, 0.29) is 5.57 Å². The van der Waals surface area contributed by atoms with E-state index in [1.807, 2.05) is 0 Å². The Morgan fingerprint density at radius 1 is 1.29 bits per heavy atom. The van der Waals surface area contributed by atoms with E-state index in [0.717, 1.165) is 0 Å². The summed E-state index contributed by atoms with van der Waals surface area (Å²) >= 11 is 0. The highest BCUT2D eigenvalue weighted by Gasteiger charge is 2.27. The largest absolute Gasteiger partial charge is 0.443 e. The number of carbonyl (C=O) groups excluding carboxylic acids is 1. The Bertz CT molecular complexity index is 263. The number of aliphatic hydroxyl groups excluding tert-OH is 1. The summed E-state index contributed by atoms with van der Waals surface area (Å²) in [5.41, 5.74) is -0.104. The lowest BCUT2D eigenvalue weighted by atomic mass is 10.1. The normalized spacial score (nSPS) is 14.8. The molecule has 0 rings (SSSR count). The van der Waals surface area contributed by atoms with Crippen LogP contribution in [0, 0.1) is 0 Å². The maximum absolute atomic E-state index is 11.6. The third-order valence-electron chi connectivity index (χ3n) is 2.35. The number of rotatable bonds is 7. The highest BCUT2D eigenvalue weighted by molar-refractivity contribution is 5.89. The molecule has 0 fully saturated rings. The number of nitrogens with zero attached hydrogens (tertiary/aromatic N) is 1. The van der Waals surface area contributed by atoms with Gasteiger partial charge in [0.15, 0.2) is 12.5 Å². The van der Waals surface area contributed by atoms with Crippen molar-refractivity contribution in [3.05, 3.63) is 12.2 Å². The lowest BCUT2D eigenvalue weighted by molar-refractivity contribution is -0.167. The van der Waals surface area contributed by atoms with Crippen LogP contribution in [0.15, 0.2) is 12.2 Å². The fourth-order valence-corrected chi connectivity index (χ4v) is 0.975. The Morgan fingerprint density at radius 2 is 1.76 bits per heavy atom. The average Bonchev–Trinajstić information content (AvgIpc) is 2.28. The van der Waals surface area contributed by atoms with Crippen LogP contribution in [0.1, 0.15) is 6.92 Å². The number of methoxy groups -OCH3 is 2. The van der Waals surface area contributed by atoms with Crippen molar-refractivity contribution in [3.63, 3.8) is 0 Å². The fraction of sp³-hybridized carbons (Fsp3) is 0.727. The Kier molecular flexibility index (Phi) is 6.98. The molecule has 0 aromatic heterocycles. The second-order valence-corrected chi connectivity index (χ2v) is 3.78. The summed E-state index contributed by atoms with van der Waals surface area (Å²) in [5, 5.41) is 9.74. The van der Waals surface area contributed by atoms with Gasteiger partial charge in [0.05, 0.1) is 5.57 Å². The van der Waals surface area contributed by atoms with E-state index in [1.54, 1.807) is 25.9 Å². The molecule has 2 unspecified atom stereocenters. The van der Waals surface area contributed by atoms with E-state index in [1.165, 1.54) is 14.2 Å². The van der Waals surface area contributed by atoms with Crippen LogP contribution < -0.4 is 0 Å². The van der Waals surface area contributed by atoms with Crippen LogP contribution in [0.5, 0.6) is 0 Å². The zero-order valence-electron chi connectivity index (χ0n) is 11.0. The van der Waals surface area contributed by atoms with Crippen LogP contribution in [0.4, 0.5) is 0 Å². The summed E-state index contributed by atoms with van der Waals surface area (Å²) < 4.78 is 14.7. The molecule has 0 aliphatic rings. The monoisotopic (exact) mass is 247 g/mol. The summed E-state index contributed by atoms with van der Waals surface area (Å²) in [7, 11) is 6.26. The second kappa shape index (κ2) is 7.39. The van der Waals surface area contributed by atoms with Crippen molar-refractivity contribution >= 4 is 5.97 Å². The smallest absolute Gasteiger partial charge is 0.337 e. The van der Waals surface area contributed by atoms with E-state index in [9.17, 15) is 9.90 Å². The van der Waals surface area contributed by atoms with Crippen molar-refractivity contribution < 1.29 is 24.1 Å². The van der Waals surface area contributed by atoms with Gasteiger partial charge in [0.25, 0.3) is 0 Å². The molecule has 0 bridgehead atoms. The average molecular weight is 247 g/mol. The molecular weight excluding hydrogens is 226 g/mol. The molecule has 0 spiro atoms. The van der Waals surface area contributed by atoms with Gasteiger partial charge in [-0.2, -0.15) is 0 Å². The lowest BCUT2D eigenvalue weighted by Gasteiger charge is -2.24. The molecule has 0 radical (unpaired) electrons. The quantitative estimate of drug-likeness (QED) is 0.387. The van der Waals surface area contributed by atoms with Gasteiger partial charge in [0, 0.05) is 14.2 Å². The highest BCUT2D eigenvalue weighted by atomic mass is 16.7. The van der Waals surface area contributed by atoms with Gasteiger partial charge < -0.3 is 19.3 Å². The first-order valence-electron chi connectivity index (χ1n) is 5.15. The minimum Gasteiger partial charge on any atom is -0.443 e. The predicted molar refractivity (Wildman–Crippen MR) is 62.2 cm³/mol. The van der Waals surface area contributed by atoms with Gasteiger partial charge in [-0.05, 0) is 21.0 Å². The summed E-state index contributed by atoms with van der Waals surface area (Å²) in [6.45, 7) is 5.19. The molecule has 0 aromatic carbocycles. The first-order chi connectivity index (χ1) is 7.84. The van der Waals surface area contributed by atoms with Crippen molar-refractivity contribution in [1.82, 2.24) is 4.90 Å². The van der Waals surface area contributed by atoms with E-state index in [4.69, 9.17) is 14.2 Å². The van der Waals surface area contributed by atoms with Crippen LogP contribution in [0.25, 0.3) is 0 Å². The summed E-state index contributed by atoms with van der Waals surface area (Å²) in [5.74, 6) is -0.683. The molecule has 17 heavy (non-hydrogen) atoms. The Hall–Kier alpha value is -0.950. The van der Waals surface area contributed by atoms with Gasteiger partial charge in [-0.25, -0.2) is 4.79 Å². The molecule has 1 N–H and O–H groups in total. The molecular formula is C11H21NO5. The van der Waals surface area contributed by atoms with Crippen LogP contribution in [0.3, 0.4) is 0 Å². The number of hydrogen-bond donors (Lipinski definition) is 1. The maximum Gasteiger partial charge on any atom is 0.337 e. The topological polar surface area (TPSA) is 68.2 Å². The molecule has 0 aliphatic carbocycles. The lowest BCUT2D eigenvalue weighted by Crippen LogP contribution is -2.37. The molecule has 6 nitrogen and oxygen atoms in total. The molecule has 0 amide bonds. The number of carbonyl (C=O) groups is 1. The minimum atomic E-state index is -1.26. The molecule has 100 valence electrons. The van der Waals surface area contributed by atoms with Crippen LogP contribution in [-0.4, -0.2) is 62.9 Å². The Morgan fingerprint density at radius 3 is 2.12 bits per heavy atom. The fourth-order valence-electron chi connectivity index (χ4n) is 0.975. The van der Waals surface area contributed by atoms with Crippen molar-refractivity contribution in [2.24, 2.45) is 0 Å². The zero-order valence-corrected chi connectivity index (χ0v) is 11.0. The van der Waals surface area contributed by atoms with E-state index in [0.29, 0.717) is 0 Å².